The lowest BCUT2D eigenvalue weighted by molar-refractivity contribution is 0.227. The quantitative estimate of drug-likeness (QED) is 0.617. The molecule has 1 aromatic heterocycles. The van der Waals surface area contributed by atoms with Gasteiger partial charge < -0.3 is 9.26 Å². The Morgan fingerprint density at radius 2 is 2.00 bits per heavy atom. The lowest BCUT2D eigenvalue weighted by Gasteiger charge is -2.16. The third-order valence-electron chi connectivity index (χ3n) is 3.66. The van der Waals surface area contributed by atoms with E-state index in [1.54, 1.807) is 0 Å². The SMILES string of the molecule is CCCc1noc2cc(O[C@H](C)c3ccccc3)c(Cl)cc12. The topological polar surface area (TPSA) is 35.3 Å². The molecule has 0 saturated carbocycles. The molecule has 1 heterocycles. The van der Waals surface area contributed by atoms with Gasteiger partial charge in [-0.25, -0.2) is 0 Å². The van der Waals surface area contributed by atoms with Gasteiger partial charge in [0, 0.05) is 11.5 Å². The molecule has 4 heteroatoms. The van der Waals surface area contributed by atoms with Crippen molar-refractivity contribution in [2.45, 2.75) is 32.8 Å². The molecule has 0 amide bonds. The summed E-state index contributed by atoms with van der Waals surface area (Å²) in [6.07, 6.45) is 1.81. The Balaban J connectivity index is 1.89. The summed E-state index contributed by atoms with van der Waals surface area (Å²) >= 11 is 6.37. The summed E-state index contributed by atoms with van der Waals surface area (Å²) in [5.41, 5.74) is 2.76. The van der Waals surface area contributed by atoms with Crippen LogP contribution in [0.3, 0.4) is 0 Å². The molecular weight excluding hydrogens is 298 g/mol. The number of rotatable bonds is 5. The monoisotopic (exact) mass is 315 g/mol. The van der Waals surface area contributed by atoms with Crippen molar-refractivity contribution in [2.24, 2.45) is 0 Å². The molecule has 2 aromatic carbocycles. The second kappa shape index (κ2) is 6.41. The molecule has 3 rings (SSSR count). The Hall–Kier alpha value is -2.00. The zero-order valence-corrected chi connectivity index (χ0v) is 13.4. The Morgan fingerprint density at radius 3 is 2.73 bits per heavy atom. The van der Waals surface area contributed by atoms with Crippen molar-refractivity contribution in [1.82, 2.24) is 5.16 Å². The largest absolute Gasteiger partial charge is 0.484 e. The number of halogens is 1. The predicted octanol–water partition coefficient (Wildman–Crippen LogP) is 5.57. The molecule has 0 bridgehead atoms. The van der Waals surface area contributed by atoms with E-state index in [4.69, 9.17) is 20.9 Å². The number of aryl methyl sites for hydroxylation is 1. The van der Waals surface area contributed by atoms with Gasteiger partial charge >= 0.3 is 0 Å². The number of hydrogen-bond acceptors (Lipinski definition) is 3. The van der Waals surface area contributed by atoms with Crippen LogP contribution in [0.15, 0.2) is 47.0 Å². The van der Waals surface area contributed by atoms with Gasteiger partial charge in [0.1, 0.15) is 11.9 Å². The molecule has 0 aliphatic carbocycles. The van der Waals surface area contributed by atoms with E-state index in [2.05, 4.69) is 12.1 Å². The second-order valence-corrected chi connectivity index (χ2v) is 5.74. The van der Waals surface area contributed by atoms with Crippen LogP contribution in [0.5, 0.6) is 5.75 Å². The van der Waals surface area contributed by atoms with E-state index in [0.29, 0.717) is 16.4 Å². The van der Waals surface area contributed by atoms with Gasteiger partial charge in [-0.05, 0) is 25.0 Å². The van der Waals surface area contributed by atoms with Crippen molar-refractivity contribution < 1.29 is 9.26 Å². The number of fused-ring (bicyclic) bond motifs is 1. The van der Waals surface area contributed by atoms with Gasteiger partial charge in [0.2, 0.25) is 0 Å². The van der Waals surface area contributed by atoms with Crippen LogP contribution in [0.25, 0.3) is 11.0 Å². The van der Waals surface area contributed by atoms with E-state index in [1.807, 2.05) is 49.4 Å². The van der Waals surface area contributed by atoms with Gasteiger partial charge in [0.15, 0.2) is 5.58 Å². The van der Waals surface area contributed by atoms with E-state index in [-0.39, 0.29) is 6.10 Å². The number of benzene rings is 2. The summed E-state index contributed by atoms with van der Waals surface area (Å²) in [6.45, 7) is 4.11. The molecule has 0 spiro atoms. The first-order chi connectivity index (χ1) is 10.7. The molecule has 0 aliphatic heterocycles. The molecule has 0 aliphatic rings. The molecule has 114 valence electrons. The molecule has 0 radical (unpaired) electrons. The summed E-state index contributed by atoms with van der Waals surface area (Å²) in [6, 6.07) is 13.7. The lowest BCUT2D eigenvalue weighted by atomic mass is 10.1. The van der Waals surface area contributed by atoms with Crippen molar-refractivity contribution in [2.75, 3.05) is 0 Å². The zero-order chi connectivity index (χ0) is 15.5. The molecular formula is C18H18ClNO2. The molecule has 0 fully saturated rings. The lowest BCUT2D eigenvalue weighted by Crippen LogP contribution is -2.03. The molecule has 3 nitrogen and oxygen atoms in total. The maximum atomic E-state index is 6.37. The average molecular weight is 316 g/mol. The minimum Gasteiger partial charge on any atom is -0.484 e. The summed E-state index contributed by atoms with van der Waals surface area (Å²) in [7, 11) is 0. The smallest absolute Gasteiger partial charge is 0.170 e. The Labute approximate surface area is 134 Å². The highest BCUT2D eigenvalue weighted by atomic mass is 35.5. The van der Waals surface area contributed by atoms with Crippen molar-refractivity contribution in [3.63, 3.8) is 0 Å². The zero-order valence-electron chi connectivity index (χ0n) is 12.7. The average Bonchev–Trinajstić information content (AvgIpc) is 2.91. The molecule has 0 saturated heterocycles. The highest BCUT2D eigenvalue weighted by Gasteiger charge is 2.15. The molecule has 0 unspecified atom stereocenters. The van der Waals surface area contributed by atoms with E-state index < -0.39 is 0 Å². The maximum Gasteiger partial charge on any atom is 0.170 e. The third kappa shape index (κ3) is 2.95. The second-order valence-electron chi connectivity index (χ2n) is 5.33. The van der Waals surface area contributed by atoms with E-state index in [0.717, 1.165) is 29.5 Å². The van der Waals surface area contributed by atoms with Gasteiger partial charge in [0.25, 0.3) is 0 Å². The minimum absolute atomic E-state index is 0.0887. The van der Waals surface area contributed by atoms with Crippen LogP contribution in [-0.4, -0.2) is 5.16 Å². The highest BCUT2D eigenvalue weighted by molar-refractivity contribution is 6.32. The summed E-state index contributed by atoms with van der Waals surface area (Å²) in [5, 5.41) is 5.66. The van der Waals surface area contributed by atoms with Gasteiger partial charge in [0.05, 0.1) is 10.7 Å². The Kier molecular flexibility index (Phi) is 4.34. The first-order valence-corrected chi connectivity index (χ1v) is 7.86. The van der Waals surface area contributed by atoms with Crippen LogP contribution >= 0.6 is 11.6 Å². The first-order valence-electron chi connectivity index (χ1n) is 7.48. The van der Waals surface area contributed by atoms with Crippen molar-refractivity contribution in [1.29, 1.82) is 0 Å². The van der Waals surface area contributed by atoms with Gasteiger partial charge in [-0.1, -0.05) is 60.4 Å². The van der Waals surface area contributed by atoms with E-state index >= 15 is 0 Å². The normalized spacial score (nSPS) is 12.5. The van der Waals surface area contributed by atoms with Crippen LogP contribution in [0.1, 0.15) is 37.6 Å². The molecule has 3 aromatic rings. The fourth-order valence-electron chi connectivity index (χ4n) is 2.48. The number of nitrogens with zero attached hydrogens (tertiary/aromatic N) is 1. The summed E-state index contributed by atoms with van der Waals surface area (Å²) in [4.78, 5) is 0. The molecule has 1 atom stereocenters. The predicted molar refractivity (Wildman–Crippen MR) is 88.5 cm³/mol. The standard InChI is InChI=1S/C18H18ClNO2/c1-3-7-16-14-10-15(19)18(11-17(14)22-20-16)21-12(2)13-8-5-4-6-9-13/h4-6,8-12H,3,7H2,1-2H3/t12-/m1/s1. The van der Waals surface area contributed by atoms with Crippen LogP contribution in [0.2, 0.25) is 5.02 Å². The van der Waals surface area contributed by atoms with Crippen molar-refractivity contribution in [3.8, 4) is 5.75 Å². The van der Waals surface area contributed by atoms with E-state index in [9.17, 15) is 0 Å². The van der Waals surface area contributed by atoms with Gasteiger partial charge in [-0.15, -0.1) is 0 Å². The van der Waals surface area contributed by atoms with Gasteiger partial charge in [-0.2, -0.15) is 0 Å². The number of ether oxygens (including phenoxy) is 1. The number of hydrogen-bond donors (Lipinski definition) is 0. The van der Waals surface area contributed by atoms with Crippen LogP contribution in [0.4, 0.5) is 0 Å². The molecule has 22 heavy (non-hydrogen) atoms. The van der Waals surface area contributed by atoms with Crippen LogP contribution < -0.4 is 4.74 Å². The van der Waals surface area contributed by atoms with Crippen LogP contribution in [0, 0.1) is 0 Å². The van der Waals surface area contributed by atoms with Crippen molar-refractivity contribution >= 4 is 22.6 Å². The van der Waals surface area contributed by atoms with Gasteiger partial charge in [-0.3, -0.25) is 0 Å². The Morgan fingerprint density at radius 1 is 1.23 bits per heavy atom. The Bertz CT molecular complexity index is 767. The summed E-state index contributed by atoms with van der Waals surface area (Å²) < 4.78 is 11.4. The van der Waals surface area contributed by atoms with Crippen molar-refractivity contribution in [3.05, 3.63) is 58.7 Å². The summed E-state index contributed by atoms with van der Waals surface area (Å²) in [5.74, 6) is 0.615. The maximum absolute atomic E-state index is 6.37. The fraction of sp³-hybridized carbons (Fsp3) is 0.278. The fourth-order valence-corrected chi connectivity index (χ4v) is 2.69. The van der Waals surface area contributed by atoms with E-state index in [1.165, 1.54) is 0 Å². The minimum atomic E-state index is -0.0887. The molecule has 0 N–H and O–H groups in total. The third-order valence-corrected chi connectivity index (χ3v) is 3.95. The van der Waals surface area contributed by atoms with Crippen LogP contribution in [-0.2, 0) is 6.42 Å². The highest BCUT2D eigenvalue weighted by Crippen LogP contribution is 2.34. The number of aromatic nitrogens is 1. The first kappa shape index (κ1) is 14.9.